The summed E-state index contributed by atoms with van der Waals surface area (Å²) in [7, 11) is 2.84. The zero-order chi connectivity index (χ0) is 24.2. The van der Waals surface area contributed by atoms with Gasteiger partial charge in [-0.1, -0.05) is 12.2 Å². The first-order valence-corrected chi connectivity index (χ1v) is 13.0. The Morgan fingerprint density at radius 1 is 0.889 bits per heavy atom. The smallest absolute Gasteiger partial charge is 0.167 e. The van der Waals surface area contributed by atoms with Crippen LogP contribution in [0.4, 0.5) is 11.6 Å². The molecule has 0 radical (unpaired) electrons. The summed E-state index contributed by atoms with van der Waals surface area (Å²) < 4.78 is 26.3. The summed E-state index contributed by atoms with van der Waals surface area (Å²) in [6.07, 6.45) is 6.06. The maximum atomic E-state index is 6.94. The Morgan fingerprint density at radius 2 is 1.61 bits per heavy atom. The van der Waals surface area contributed by atoms with Crippen molar-refractivity contribution in [3.63, 3.8) is 0 Å². The van der Waals surface area contributed by atoms with Crippen molar-refractivity contribution < 1.29 is 18.9 Å². The van der Waals surface area contributed by atoms with Gasteiger partial charge in [0.15, 0.2) is 18.2 Å². The van der Waals surface area contributed by atoms with E-state index in [2.05, 4.69) is 45.9 Å². The molecule has 10 atom stereocenters. The second kappa shape index (κ2) is 7.38. The highest BCUT2D eigenvalue weighted by Crippen LogP contribution is 2.67. The molecule has 4 aliphatic heterocycles. The van der Waals surface area contributed by atoms with Gasteiger partial charge in [0.25, 0.3) is 0 Å². The van der Waals surface area contributed by atoms with Crippen molar-refractivity contribution in [2.45, 2.75) is 54.7 Å². The molecule has 12 nitrogen and oxygen atoms in total. The number of nitrogens with zero attached hydrogens (tertiary/aromatic N) is 4. The number of rotatable bonds is 0. The van der Waals surface area contributed by atoms with Crippen LogP contribution in [-0.2, 0) is 30.1 Å². The van der Waals surface area contributed by atoms with Gasteiger partial charge < -0.3 is 41.0 Å². The second-order valence-corrected chi connectivity index (χ2v) is 11.0. The van der Waals surface area contributed by atoms with E-state index in [1.165, 1.54) is 0 Å². The van der Waals surface area contributed by atoms with Crippen LogP contribution in [0.25, 0.3) is 0 Å². The van der Waals surface area contributed by atoms with E-state index in [9.17, 15) is 0 Å². The van der Waals surface area contributed by atoms with E-state index >= 15 is 0 Å². The molecule has 2 aromatic heterocycles. The van der Waals surface area contributed by atoms with Gasteiger partial charge in [0.2, 0.25) is 0 Å². The van der Waals surface area contributed by atoms with E-state index in [-0.39, 0.29) is 17.5 Å². The maximum absolute atomic E-state index is 6.94. The van der Waals surface area contributed by atoms with Gasteiger partial charge in [-0.15, -0.1) is 9.24 Å². The van der Waals surface area contributed by atoms with Gasteiger partial charge in [-0.3, -0.25) is 0 Å². The van der Waals surface area contributed by atoms with E-state index in [0.29, 0.717) is 25.9 Å². The highest BCUT2D eigenvalue weighted by Gasteiger charge is 2.72. The Balaban J connectivity index is 1.33. The fraction of sp³-hybridized carbons (Fsp3) is 0.565. The summed E-state index contributed by atoms with van der Waals surface area (Å²) in [4.78, 5) is 18.3. The molecule has 6 aliphatic rings. The van der Waals surface area contributed by atoms with Crippen molar-refractivity contribution >= 4 is 20.9 Å². The van der Waals surface area contributed by atoms with Crippen molar-refractivity contribution in [1.82, 2.24) is 19.9 Å². The van der Waals surface area contributed by atoms with Gasteiger partial charge in [0.05, 0.1) is 28.4 Å². The minimum atomic E-state index is -0.905. The van der Waals surface area contributed by atoms with Gasteiger partial charge in [-0.05, 0) is 12.8 Å². The number of hydrogen-bond acceptors (Lipinski definition) is 12. The molecule has 0 amide bonds. The van der Waals surface area contributed by atoms with Crippen LogP contribution in [0.15, 0.2) is 24.8 Å². The summed E-state index contributed by atoms with van der Waals surface area (Å²) >= 11 is 0. The van der Waals surface area contributed by atoms with Gasteiger partial charge in [0.1, 0.15) is 42.3 Å². The molecular formula is C23H27N8O4P. The number of anilines is 2. The maximum Gasteiger partial charge on any atom is 0.167 e. The van der Waals surface area contributed by atoms with Crippen LogP contribution < -0.4 is 22.1 Å². The molecule has 2 aromatic rings. The van der Waals surface area contributed by atoms with E-state index in [1.807, 2.05) is 6.08 Å². The number of nitrogens with two attached hydrogens (primary N) is 2. The van der Waals surface area contributed by atoms with Crippen molar-refractivity contribution in [1.29, 1.82) is 0 Å². The summed E-state index contributed by atoms with van der Waals surface area (Å²) in [6, 6.07) is 0. The summed E-state index contributed by atoms with van der Waals surface area (Å²) in [5, 5.41) is 6.83. The normalized spacial score (nSPS) is 44.2. The predicted octanol–water partition coefficient (Wildman–Crippen LogP) is 0.0597. The molecule has 13 heteroatoms. The summed E-state index contributed by atoms with van der Waals surface area (Å²) in [6.45, 7) is 1.20. The van der Waals surface area contributed by atoms with Crippen LogP contribution in [0.1, 0.15) is 35.4 Å². The lowest BCUT2D eigenvalue weighted by atomic mass is 9.93. The first-order valence-electron chi connectivity index (χ1n) is 12.3. The second-order valence-electron chi connectivity index (χ2n) is 10.2. The van der Waals surface area contributed by atoms with Crippen molar-refractivity contribution in [2.75, 3.05) is 23.7 Å². The first kappa shape index (κ1) is 21.7. The largest absolute Gasteiger partial charge is 0.366 e. The van der Waals surface area contributed by atoms with Crippen LogP contribution in [0.3, 0.4) is 0 Å². The van der Waals surface area contributed by atoms with Crippen molar-refractivity contribution in [3.8, 4) is 0 Å². The van der Waals surface area contributed by atoms with E-state index in [0.717, 1.165) is 34.2 Å². The molecule has 6 N–H and O–H groups in total. The quantitative estimate of drug-likeness (QED) is 0.279. The van der Waals surface area contributed by atoms with Crippen LogP contribution in [0.2, 0.25) is 0 Å². The zero-order valence-electron chi connectivity index (χ0n) is 19.3. The molecule has 2 spiro atoms. The van der Waals surface area contributed by atoms with Gasteiger partial charge in [-0.25, -0.2) is 19.9 Å². The Kier molecular flexibility index (Phi) is 4.46. The van der Waals surface area contributed by atoms with Crippen molar-refractivity contribution in [2.24, 2.45) is 23.3 Å². The minimum Gasteiger partial charge on any atom is -0.366 e. The van der Waals surface area contributed by atoms with E-state index in [4.69, 9.17) is 30.4 Å². The van der Waals surface area contributed by atoms with E-state index in [1.54, 1.807) is 12.7 Å². The lowest BCUT2D eigenvalue weighted by Crippen LogP contribution is -2.38. The topological polar surface area (TPSA) is 165 Å². The van der Waals surface area contributed by atoms with Crippen LogP contribution in [-0.4, -0.2) is 63.7 Å². The van der Waals surface area contributed by atoms with Crippen LogP contribution in [0.5, 0.6) is 0 Å². The average molecular weight is 510 g/mol. The highest BCUT2D eigenvalue weighted by molar-refractivity contribution is 7.17. The molecule has 0 aromatic carbocycles. The monoisotopic (exact) mass is 510 g/mol. The molecule has 3 saturated heterocycles. The molecule has 8 rings (SSSR count). The average Bonchev–Trinajstić information content (AvgIpc) is 3.61. The van der Waals surface area contributed by atoms with E-state index < -0.39 is 36.2 Å². The zero-order valence-corrected chi connectivity index (χ0v) is 20.5. The molecule has 6 heterocycles. The molecule has 2 aliphatic carbocycles. The lowest BCUT2D eigenvalue weighted by Gasteiger charge is -2.30. The molecular weight excluding hydrogens is 483 g/mol. The summed E-state index contributed by atoms with van der Waals surface area (Å²) in [5.74, 6) is 1.12. The molecule has 0 saturated carbocycles. The van der Waals surface area contributed by atoms with Gasteiger partial charge >= 0.3 is 0 Å². The third-order valence-electron chi connectivity index (χ3n) is 8.32. The number of aromatic nitrogens is 4. The molecule has 36 heavy (non-hydrogen) atoms. The molecule has 188 valence electrons. The number of ether oxygens (including phenoxy) is 4. The predicted molar refractivity (Wildman–Crippen MR) is 129 cm³/mol. The Labute approximate surface area is 209 Å². The number of nitrogens with one attached hydrogen (secondary N) is 2. The fourth-order valence-electron chi connectivity index (χ4n) is 6.55. The summed E-state index contributed by atoms with van der Waals surface area (Å²) in [5.41, 5.74) is 14.5. The van der Waals surface area contributed by atoms with Gasteiger partial charge in [0, 0.05) is 24.7 Å². The standard InChI is InChI=1S/C23H27N8O4P/c24-11-5-10-21(32-11)34-22-6-9-14(36)17(25)33-20(9)35-23(10)13-16(23)29-8-31-19(13)27-4-2-1-3-26-18-12(22)15(22)28-7-30-18/h1-2,7-11,14,17,20-21H,3-6,24-25,36H2,(H,26,28,30)(H,27,29,31)/b2-1+/t9-,10?,11?,14+,17?,20?,21?,22?,23?/m0/s1. The Hall–Kier alpha value is -2.31. The Bertz CT molecular complexity index is 1300. The molecule has 3 fully saturated rings. The SMILES string of the molecule is NC1CC2C(O1)OC13C[C@@H]4C(OC(N)[C@@H]4P)OC24c2ncnc(c24)NC/C=C/CNc2ncnc1c23. The third kappa shape index (κ3) is 2.78. The number of fused-ring (bicyclic) bond motifs is 1. The molecule has 2 bridgehead atoms. The lowest BCUT2D eigenvalue weighted by molar-refractivity contribution is -0.230. The van der Waals surface area contributed by atoms with Crippen LogP contribution >= 0.6 is 9.24 Å². The minimum absolute atomic E-state index is 0.0535. The fourth-order valence-corrected chi connectivity index (χ4v) is 6.96. The molecule has 8 unspecified atom stereocenters. The van der Waals surface area contributed by atoms with Crippen molar-refractivity contribution in [3.05, 3.63) is 47.3 Å². The third-order valence-corrected chi connectivity index (χ3v) is 9.20. The number of hydrogen-bond donors (Lipinski definition) is 4. The van der Waals surface area contributed by atoms with Crippen LogP contribution in [0, 0.1) is 11.8 Å². The Morgan fingerprint density at radius 3 is 2.39 bits per heavy atom. The first-order chi connectivity index (χ1) is 17.5. The highest BCUT2D eigenvalue weighted by atomic mass is 31.0. The van der Waals surface area contributed by atoms with Gasteiger partial charge in [-0.2, -0.15) is 0 Å².